The first-order valence-electron chi connectivity index (χ1n) is 10.5. The Morgan fingerprint density at radius 2 is 1.47 bits per heavy atom. The largest absolute Gasteiger partial charge is 0.405 e. The van der Waals surface area contributed by atoms with Crippen molar-refractivity contribution in [3.63, 3.8) is 0 Å². The van der Waals surface area contributed by atoms with Gasteiger partial charge in [-0.05, 0) is 29.3 Å². The number of benzene rings is 2. The number of hydrogen-bond acceptors (Lipinski definition) is 4. The van der Waals surface area contributed by atoms with Crippen molar-refractivity contribution >= 4 is 41.3 Å². The lowest BCUT2D eigenvalue weighted by molar-refractivity contribution is -0.205. The molecule has 162 valence electrons. The summed E-state index contributed by atoms with van der Waals surface area (Å²) in [5.41, 5.74) is 0. The van der Waals surface area contributed by atoms with E-state index in [-0.39, 0.29) is 27.5 Å². The molecule has 2 aliphatic rings. The minimum absolute atomic E-state index is 0.0556. The summed E-state index contributed by atoms with van der Waals surface area (Å²) >= 11 is 2.44. The van der Waals surface area contributed by atoms with E-state index < -0.39 is 14.1 Å². The molecule has 0 amide bonds. The first kappa shape index (κ1) is 22.4. The highest BCUT2D eigenvalue weighted by Crippen LogP contribution is 2.42. The first-order chi connectivity index (χ1) is 14.1. The highest BCUT2D eigenvalue weighted by atomic mass is 127. The van der Waals surface area contributed by atoms with Crippen LogP contribution in [0.4, 0.5) is 0 Å². The molecule has 30 heavy (non-hydrogen) atoms. The molecule has 0 N–H and O–H groups in total. The number of hydrogen-bond donors (Lipinski definition) is 0. The summed E-state index contributed by atoms with van der Waals surface area (Å²) < 4.78 is 25.5. The molecule has 0 saturated carbocycles. The minimum atomic E-state index is -2.58. The molecule has 0 radical (unpaired) electrons. The summed E-state index contributed by atoms with van der Waals surface area (Å²) in [6.45, 7) is 11.3. The molecule has 4 rings (SSSR count). The fourth-order valence-corrected chi connectivity index (χ4v) is 10.1. The Morgan fingerprint density at radius 3 is 1.93 bits per heavy atom. The highest BCUT2D eigenvalue weighted by Gasteiger charge is 2.56. The van der Waals surface area contributed by atoms with Crippen molar-refractivity contribution in [3.05, 3.63) is 60.7 Å². The van der Waals surface area contributed by atoms with Crippen molar-refractivity contribution in [2.24, 2.45) is 0 Å². The average molecular weight is 538 g/mol. The average Bonchev–Trinajstić information content (AvgIpc) is 3.15. The van der Waals surface area contributed by atoms with Crippen molar-refractivity contribution in [2.75, 3.05) is 6.61 Å². The molecule has 2 fully saturated rings. The van der Waals surface area contributed by atoms with Crippen LogP contribution >= 0.6 is 22.6 Å². The summed E-state index contributed by atoms with van der Waals surface area (Å²) in [5, 5.41) is 2.50. The van der Waals surface area contributed by atoms with Gasteiger partial charge in [-0.25, -0.2) is 0 Å². The lowest BCUT2D eigenvalue weighted by atomic mass is 10.2. The quantitative estimate of drug-likeness (QED) is 0.324. The van der Waals surface area contributed by atoms with Gasteiger partial charge in [0.2, 0.25) is 0 Å². The van der Waals surface area contributed by atoms with Crippen molar-refractivity contribution in [1.29, 1.82) is 0 Å². The van der Waals surface area contributed by atoms with Gasteiger partial charge in [-0.1, -0.05) is 104 Å². The van der Waals surface area contributed by atoms with Gasteiger partial charge in [-0.2, -0.15) is 0 Å². The molecule has 2 saturated heterocycles. The molecule has 0 spiro atoms. The second-order valence-corrected chi connectivity index (χ2v) is 15.3. The SMILES string of the molecule is CC1(C)OC2O[C@H](CO[Si](c3ccccc3)(c3ccccc3)C(C)(C)C)[C@@H](I)[C@H]2O1. The van der Waals surface area contributed by atoms with E-state index in [1.54, 1.807) is 0 Å². The third-order valence-corrected chi connectivity index (χ3v) is 12.5. The zero-order chi connectivity index (χ0) is 21.6. The maximum atomic E-state index is 7.04. The third-order valence-electron chi connectivity index (χ3n) is 5.95. The van der Waals surface area contributed by atoms with E-state index in [4.69, 9.17) is 18.6 Å². The van der Waals surface area contributed by atoms with Crippen molar-refractivity contribution < 1.29 is 18.6 Å². The van der Waals surface area contributed by atoms with Gasteiger partial charge in [0.05, 0.1) is 16.6 Å². The van der Waals surface area contributed by atoms with Gasteiger partial charge in [0, 0.05) is 0 Å². The first-order valence-corrected chi connectivity index (χ1v) is 13.7. The molecule has 1 unspecified atom stereocenters. The van der Waals surface area contributed by atoms with Crippen LogP contribution in [0.25, 0.3) is 0 Å². The van der Waals surface area contributed by atoms with Crippen LogP contribution in [0.3, 0.4) is 0 Å². The van der Waals surface area contributed by atoms with Crippen molar-refractivity contribution in [2.45, 2.75) is 67.9 Å². The van der Waals surface area contributed by atoms with Crippen LogP contribution in [-0.2, 0) is 18.6 Å². The molecule has 0 aromatic heterocycles. The van der Waals surface area contributed by atoms with Crippen LogP contribution in [0.2, 0.25) is 5.04 Å². The number of halogens is 1. The molecule has 2 heterocycles. The molecule has 6 heteroatoms. The van der Waals surface area contributed by atoms with E-state index in [9.17, 15) is 0 Å². The number of alkyl halides is 1. The molecule has 4 atom stereocenters. The lowest BCUT2D eigenvalue weighted by Gasteiger charge is -2.43. The van der Waals surface area contributed by atoms with Gasteiger partial charge in [0.1, 0.15) is 6.10 Å². The Bertz CT molecular complexity index is 813. The van der Waals surface area contributed by atoms with Gasteiger partial charge in [0.25, 0.3) is 8.32 Å². The highest BCUT2D eigenvalue weighted by molar-refractivity contribution is 14.1. The van der Waals surface area contributed by atoms with Crippen LogP contribution in [0.1, 0.15) is 34.6 Å². The summed E-state index contributed by atoms with van der Waals surface area (Å²) in [7, 11) is -2.58. The smallest absolute Gasteiger partial charge is 0.261 e. The van der Waals surface area contributed by atoms with Gasteiger partial charge in [-0.15, -0.1) is 0 Å². The monoisotopic (exact) mass is 538 g/mol. The van der Waals surface area contributed by atoms with Crippen molar-refractivity contribution in [3.8, 4) is 0 Å². The van der Waals surface area contributed by atoms with E-state index in [0.717, 1.165) is 0 Å². The topological polar surface area (TPSA) is 36.9 Å². The maximum absolute atomic E-state index is 7.04. The van der Waals surface area contributed by atoms with Crippen LogP contribution in [0.5, 0.6) is 0 Å². The van der Waals surface area contributed by atoms with Gasteiger partial charge >= 0.3 is 0 Å². The summed E-state index contributed by atoms with van der Waals surface area (Å²) in [6.07, 6.45) is -0.457. The fraction of sp³-hybridized carbons (Fsp3) is 0.500. The van der Waals surface area contributed by atoms with Crippen molar-refractivity contribution in [1.82, 2.24) is 0 Å². The van der Waals surface area contributed by atoms with Gasteiger partial charge < -0.3 is 18.6 Å². The minimum Gasteiger partial charge on any atom is -0.405 e. The van der Waals surface area contributed by atoms with Gasteiger partial charge in [-0.3, -0.25) is 0 Å². The lowest BCUT2D eigenvalue weighted by Crippen LogP contribution is -2.67. The van der Waals surface area contributed by atoms with Crippen LogP contribution in [-0.4, -0.2) is 43.1 Å². The van der Waals surface area contributed by atoms with Crippen LogP contribution in [0.15, 0.2) is 60.7 Å². The Hall–Kier alpha value is -0.773. The zero-order valence-electron chi connectivity index (χ0n) is 18.3. The predicted molar refractivity (Wildman–Crippen MR) is 130 cm³/mol. The van der Waals surface area contributed by atoms with E-state index in [2.05, 4.69) is 104 Å². The van der Waals surface area contributed by atoms with E-state index in [1.165, 1.54) is 10.4 Å². The molecule has 2 aliphatic heterocycles. The molecular formula is C24H31IO4Si. The molecule has 0 aliphatic carbocycles. The standard InChI is InChI=1S/C24H31IO4Si/c1-23(2,3)30(17-12-8-6-9-13-17,18-14-10-7-11-15-18)26-16-19-20(25)21-22(27-19)29-24(4,5)28-21/h6-15,19-22H,16H2,1-5H3/t19-,20-,21-,22?/m1/s1. The van der Waals surface area contributed by atoms with E-state index in [1.807, 2.05) is 13.8 Å². The molecule has 2 aromatic rings. The Balaban J connectivity index is 1.65. The third kappa shape index (κ3) is 4.02. The summed E-state index contributed by atoms with van der Waals surface area (Å²) in [6, 6.07) is 21.4. The maximum Gasteiger partial charge on any atom is 0.261 e. The summed E-state index contributed by atoms with van der Waals surface area (Å²) in [4.78, 5) is 0. The molecule has 0 bridgehead atoms. The molecule has 2 aromatic carbocycles. The van der Waals surface area contributed by atoms with Gasteiger partial charge in [0.15, 0.2) is 12.1 Å². The molecular weight excluding hydrogens is 507 g/mol. The Labute approximate surface area is 194 Å². The number of rotatable bonds is 5. The summed E-state index contributed by atoms with van der Waals surface area (Å²) in [5.74, 6) is -0.595. The predicted octanol–water partition coefficient (Wildman–Crippen LogP) is 4.24. The Morgan fingerprint density at radius 1 is 0.933 bits per heavy atom. The van der Waals surface area contributed by atoms with E-state index >= 15 is 0 Å². The normalized spacial score (nSPS) is 28.5. The second kappa shape index (κ2) is 8.29. The van der Waals surface area contributed by atoms with Crippen LogP contribution < -0.4 is 10.4 Å². The van der Waals surface area contributed by atoms with Crippen LogP contribution in [0, 0.1) is 0 Å². The Kier molecular flexibility index (Phi) is 6.20. The zero-order valence-corrected chi connectivity index (χ0v) is 21.5. The number of fused-ring (bicyclic) bond motifs is 1. The fourth-order valence-electron chi connectivity index (χ4n) is 4.64. The molecule has 4 nitrogen and oxygen atoms in total. The second-order valence-electron chi connectivity index (χ2n) is 9.56. The van der Waals surface area contributed by atoms with E-state index in [0.29, 0.717) is 6.61 Å². The number of ether oxygens (including phenoxy) is 3.